The summed E-state index contributed by atoms with van der Waals surface area (Å²) in [6.45, 7) is 4.65. The number of ether oxygens (including phenoxy) is 2. The standard InChI is InChI=1S/C23H26N2O3S/c1-15-5-7-18-12-16(2)23(25-19(18)11-15)29-14-22(26)24-10-9-17-6-8-20(27-3)21(13-17)28-4/h5-8,11-13H,9-10,14H2,1-4H3,(H,24,26). The Hall–Kier alpha value is -2.73. The highest BCUT2D eigenvalue weighted by atomic mass is 32.2. The molecule has 0 unspecified atom stereocenters. The first-order chi connectivity index (χ1) is 14.0. The fourth-order valence-corrected chi connectivity index (χ4v) is 3.90. The fourth-order valence-electron chi connectivity index (χ4n) is 3.08. The van der Waals surface area contributed by atoms with E-state index in [1.54, 1.807) is 14.2 Å². The molecule has 1 heterocycles. The zero-order valence-electron chi connectivity index (χ0n) is 17.2. The van der Waals surface area contributed by atoms with Gasteiger partial charge >= 0.3 is 0 Å². The second kappa shape index (κ2) is 9.65. The normalized spacial score (nSPS) is 10.8. The SMILES string of the molecule is COc1ccc(CCNC(=O)CSc2nc3cc(C)ccc3cc2C)cc1OC. The lowest BCUT2D eigenvalue weighted by Crippen LogP contribution is -2.27. The Bertz CT molecular complexity index is 1020. The highest BCUT2D eigenvalue weighted by Crippen LogP contribution is 2.28. The van der Waals surface area contributed by atoms with Crippen LogP contribution >= 0.6 is 11.8 Å². The first kappa shape index (κ1) is 21.0. The lowest BCUT2D eigenvalue weighted by molar-refractivity contribution is -0.118. The Morgan fingerprint density at radius 2 is 1.83 bits per heavy atom. The van der Waals surface area contributed by atoms with Crippen LogP contribution in [-0.4, -0.2) is 37.4 Å². The number of rotatable bonds is 8. The zero-order valence-corrected chi connectivity index (χ0v) is 18.1. The van der Waals surface area contributed by atoms with E-state index in [0.717, 1.165) is 33.5 Å². The van der Waals surface area contributed by atoms with E-state index >= 15 is 0 Å². The predicted molar refractivity (Wildman–Crippen MR) is 118 cm³/mol. The highest BCUT2D eigenvalue weighted by Gasteiger charge is 2.09. The lowest BCUT2D eigenvalue weighted by atomic mass is 10.1. The summed E-state index contributed by atoms with van der Waals surface area (Å²) in [5.41, 5.74) is 4.31. The summed E-state index contributed by atoms with van der Waals surface area (Å²) in [6.07, 6.45) is 0.725. The number of pyridine rings is 1. The number of hydrogen-bond acceptors (Lipinski definition) is 5. The van der Waals surface area contributed by atoms with E-state index in [2.05, 4.69) is 36.5 Å². The summed E-state index contributed by atoms with van der Waals surface area (Å²) in [6, 6.07) is 14.2. The number of aromatic nitrogens is 1. The first-order valence-corrected chi connectivity index (χ1v) is 10.5. The largest absolute Gasteiger partial charge is 0.493 e. The van der Waals surface area contributed by atoms with Crippen molar-refractivity contribution in [1.29, 1.82) is 0 Å². The molecule has 0 aliphatic rings. The molecule has 3 aromatic rings. The molecule has 1 amide bonds. The van der Waals surface area contributed by atoms with Crippen LogP contribution in [0.3, 0.4) is 0 Å². The maximum absolute atomic E-state index is 12.3. The second-order valence-corrected chi connectivity index (χ2v) is 7.85. The van der Waals surface area contributed by atoms with E-state index in [4.69, 9.17) is 14.5 Å². The Balaban J connectivity index is 1.53. The molecule has 1 N–H and O–H groups in total. The van der Waals surface area contributed by atoms with Gasteiger partial charge in [-0.3, -0.25) is 4.79 Å². The van der Waals surface area contributed by atoms with Gasteiger partial charge in [-0.2, -0.15) is 0 Å². The van der Waals surface area contributed by atoms with Crippen LogP contribution in [0.2, 0.25) is 0 Å². The lowest BCUT2D eigenvalue weighted by Gasteiger charge is -2.10. The summed E-state index contributed by atoms with van der Waals surface area (Å²) in [7, 11) is 3.23. The molecular formula is C23H26N2O3S. The molecule has 0 spiro atoms. The minimum atomic E-state index is 0.000941. The molecule has 3 rings (SSSR count). The minimum Gasteiger partial charge on any atom is -0.493 e. The molecule has 0 saturated heterocycles. The number of carbonyl (C=O) groups excluding carboxylic acids is 1. The first-order valence-electron chi connectivity index (χ1n) is 9.48. The number of nitrogens with one attached hydrogen (secondary N) is 1. The van der Waals surface area contributed by atoms with Gasteiger partial charge in [-0.05, 0) is 61.2 Å². The van der Waals surface area contributed by atoms with Crippen molar-refractivity contribution in [3.63, 3.8) is 0 Å². The third kappa shape index (κ3) is 5.41. The highest BCUT2D eigenvalue weighted by molar-refractivity contribution is 7.99. The number of carbonyl (C=O) groups is 1. The average molecular weight is 411 g/mol. The van der Waals surface area contributed by atoms with Crippen LogP contribution in [-0.2, 0) is 11.2 Å². The number of thioether (sulfide) groups is 1. The number of methoxy groups -OCH3 is 2. The van der Waals surface area contributed by atoms with Crippen LogP contribution in [0.5, 0.6) is 11.5 Å². The molecule has 0 saturated carbocycles. The number of nitrogens with zero attached hydrogens (tertiary/aromatic N) is 1. The molecule has 0 fully saturated rings. The van der Waals surface area contributed by atoms with E-state index in [0.29, 0.717) is 23.8 Å². The van der Waals surface area contributed by atoms with Crippen LogP contribution < -0.4 is 14.8 Å². The van der Waals surface area contributed by atoms with Gasteiger partial charge in [0.1, 0.15) is 5.03 Å². The molecule has 2 aromatic carbocycles. The molecule has 6 heteroatoms. The predicted octanol–water partition coefficient (Wildman–Crippen LogP) is 4.32. The summed E-state index contributed by atoms with van der Waals surface area (Å²) in [5.74, 6) is 1.74. The zero-order chi connectivity index (χ0) is 20.8. The van der Waals surface area contributed by atoms with Gasteiger partial charge in [-0.25, -0.2) is 4.98 Å². The van der Waals surface area contributed by atoms with Crippen molar-refractivity contribution in [3.8, 4) is 11.5 Å². The number of benzene rings is 2. The Morgan fingerprint density at radius 3 is 2.59 bits per heavy atom. The Kier molecular flexibility index (Phi) is 6.99. The van der Waals surface area contributed by atoms with Crippen LogP contribution in [0.1, 0.15) is 16.7 Å². The van der Waals surface area contributed by atoms with Crippen molar-refractivity contribution in [3.05, 3.63) is 59.2 Å². The van der Waals surface area contributed by atoms with Gasteiger partial charge in [0.2, 0.25) is 5.91 Å². The van der Waals surface area contributed by atoms with Crippen molar-refractivity contribution in [1.82, 2.24) is 10.3 Å². The molecule has 0 atom stereocenters. The summed E-state index contributed by atoms with van der Waals surface area (Å²) >= 11 is 1.47. The summed E-state index contributed by atoms with van der Waals surface area (Å²) < 4.78 is 10.6. The van der Waals surface area contributed by atoms with Gasteiger partial charge in [-0.15, -0.1) is 0 Å². The number of fused-ring (bicyclic) bond motifs is 1. The van der Waals surface area contributed by atoms with E-state index in [9.17, 15) is 4.79 Å². The third-order valence-corrected chi connectivity index (χ3v) is 5.73. The maximum atomic E-state index is 12.3. The van der Waals surface area contributed by atoms with Crippen LogP contribution in [0.15, 0.2) is 47.5 Å². The van der Waals surface area contributed by atoms with Crippen molar-refractivity contribution >= 4 is 28.6 Å². The van der Waals surface area contributed by atoms with Gasteiger partial charge in [0.05, 0.1) is 25.5 Å². The van der Waals surface area contributed by atoms with E-state index in [1.165, 1.54) is 17.3 Å². The van der Waals surface area contributed by atoms with E-state index in [1.807, 2.05) is 25.1 Å². The quantitative estimate of drug-likeness (QED) is 0.561. The number of amides is 1. The average Bonchev–Trinajstić information content (AvgIpc) is 2.72. The van der Waals surface area contributed by atoms with Gasteiger partial charge < -0.3 is 14.8 Å². The van der Waals surface area contributed by atoms with Gasteiger partial charge in [-0.1, -0.05) is 30.0 Å². The summed E-state index contributed by atoms with van der Waals surface area (Å²) in [5, 5.41) is 5.00. The third-order valence-electron chi connectivity index (χ3n) is 4.64. The van der Waals surface area contributed by atoms with Crippen molar-refractivity contribution in [2.75, 3.05) is 26.5 Å². The molecule has 0 aliphatic carbocycles. The maximum Gasteiger partial charge on any atom is 0.230 e. The molecule has 152 valence electrons. The van der Waals surface area contributed by atoms with Crippen molar-refractivity contribution < 1.29 is 14.3 Å². The molecular weight excluding hydrogens is 384 g/mol. The molecule has 5 nitrogen and oxygen atoms in total. The fraction of sp³-hybridized carbons (Fsp3) is 0.304. The Labute approximate surface area is 175 Å². The van der Waals surface area contributed by atoms with Crippen molar-refractivity contribution in [2.45, 2.75) is 25.3 Å². The van der Waals surface area contributed by atoms with Crippen LogP contribution in [0.25, 0.3) is 10.9 Å². The molecule has 29 heavy (non-hydrogen) atoms. The minimum absolute atomic E-state index is 0.000941. The summed E-state index contributed by atoms with van der Waals surface area (Å²) in [4.78, 5) is 17.0. The molecule has 0 aliphatic heterocycles. The molecule has 0 bridgehead atoms. The van der Waals surface area contributed by atoms with Crippen LogP contribution in [0.4, 0.5) is 0 Å². The molecule has 0 radical (unpaired) electrons. The van der Waals surface area contributed by atoms with E-state index < -0.39 is 0 Å². The van der Waals surface area contributed by atoms with Gasteiger partial charge in [0.15, 0.2) is 11.5 Å². The Morgan fingerprint density at radius 1 is 1.03 bits per heavy atom. The number of aryl methyl sites for hydroxylation is 2. The van der Waals surface area contributed by atoms with Crippen molar-refractivity contribution in [2.24, 2.45) is 0 Å². The van der Waals surface area contributed by atoms with Gasteiger partial charge in [0.25, 0.3) is 0 Å². The number of hydrogen-bond donors (Lipinski definition) is 1. The second-order valence-electron chi connectivity index (χ2n) is 6.88. The van der Waals surface area contributed by atoms with E-state index in [-0.39, 0.29) is 5.91 Å². The smallest absolute Gasteiger partial charge is 0.230 e. The van der Waals surface area contributed by atoms with Gasteiger partial charge in [0, 0.05) is 11.9 Å². The monoisotopic (exact) mass is 410 g/mol. The van der Waals surface area contributed by atoms with Crippen LogP contribution in [0, 0.1) is 13.8 Å². The molecule has 1 aromatic heterocycles. The topological polar surface area (TPSA) is 60.5 Å².